The van der Waals surface area contributed by atoms with Gasteiger partial charge >= 0.3 is 0 Å². The van der Waals surface area contributed by atoms with E-state index in [9.17, 15) is 9.59 Å². The summed E-state index contributed by atoms with van der Waals surface area (Å²) in [6.45, 7) is 5.53. The van der Waals surface area contributed by atoms with Gasteiger partial charge in [-0.15, -0.1) is 5.11 Å². The Labute approximate surface area is 163 Å². The number of fused-ring (bicyclic) bond motifs is 1. The molecule has 0 saturated heterocycles. The highest BCUT2D eigenvalue weighted by Crippen LogP contribution is 2.32. The quantitative estimate of drug-likeness (QED) is 0.560. The van der Waals surface area contributed by atoms with Crippen LogP contribution in [0, 0.1) is 0 Å². The molecule has 2 aromatic carbocycles. The molecule has 0 saturated carbocycles. The first-order valence-corrected chi connectivity index (χ1v) is 8.95. The van der Waals surface area contributed by atoms with Gasteiger partial charge in [0.2, 0.25) is 5.91 Å². The number of primary amides is 1. The van der Waals surface area contributed by atoms with Crippen LogP contribution in [0.25, 0.3) is 5.70 Å². The van der Waals surface area contributed by atoms with E-state index in [0.717, 1.165) is 17.5 Å². The summed E-state index contributed by atoms with van der Waals surface area (Å²) >= 11 is 0. The van der Waals surface area contributed by atoms with Crippen molar-refractivity contribution in [2.75, 3.05) is 5.32 Å². The van der Waals surface area contributed by atoms with Crippen molar-refractivity contribution in [1.82, 2.24) is 5.32 Å². The Hall–Kier alpha value is -3.48. The van der Waals surface area contributed by atoms with Gasteiger partial charge in [-0.2, -0.15) is 5.11 Å². The fourth-order valence-electron chi connectivity index (χ4n) is 3.21. The van der Waals surface area contributed by atoms with Gasteiger partial charge in [-0.25, -0.2) is 0 Å². The molecule has 7 nitrogen and oxygen atoms in total. The van der Waals surface area contributed by atoms with Crippen molar-refractivity contribution in [3.8, 4) is 0 Å². The fourth-order valence-corrected chi connectivity index (χ4v) is 3.21. The number of benzene rings is 2. The van der Waals surface area contributed by atoms with Crippen LogP contribution < -0.4 is 16.4 Å². The average molecular weight is 377 g/mol. The summed E-state index contributed by atoms with van der Waals surface area (Å²) in [6, 6.07) is 14.7. The van der Waals surface area contributed by atoms with E-state index in [-0.39, 0.29) is 17.1 Å². The predicted octanol–water partition coefficient (Wildman–Crippen LogP) is 3.51. The van der Waals surface area contributed by atoms with Crippen molar-refractivity contribution in [3.05, 3.63) is 65.4 Å². The number of hydrogen-bond acceptors (Lipinski definition) is 5. The van der Waals surface area contributed by atoms with Crippen LogP contribution in [0.5, 0.6) is 0 Å². The highest BCUT2D eigenvalue weighted by Gasteiger charge is 2.30. The van der Waals surface area contributed by atoms with Crippen molar-refractivity contribution in [1.29, 1.82) is 0 Å². The molecule has 3 rings (SSSR count). The van der Waals surface area contributed by atoms with Crippen LogP contribution in [0.15, 0.2) is 64.5 Å². The molecule has 1 aliphatic rings. The number of amides is 2. The number of rotatable bonds is 4. The minimum Gasteiger partial charge on any atom is -0.377 e. The molecule has 0 unspecified atom stereocenters. The number of nitrogens with two attached hydrogens (primary N) is 1. The SMILES string of the molecule is CC(=O)Nc1cccc(/N=N/C(C(N)=O)=C2\NC(C)(C)Cc3ccccc32)c1. The number of nitrogens with one attached hydrogen (secondary N) is 2. The molecule has 144 valence electrons. The number of hydrogen-bond donors (Lipinski definition) is 3. The van der Waals surface area contributed by atoms with Gasteiger partial charge < -0.3 is 16.4 Å². The van der Waals surface area contributed by atoms with Gasteiger partial charge in [0.25, 0.3) is 5.91 Å². The lowest BCUT2D eigenvalue weighted by Gasteiger charge is -2.35. The van der Waals surface area contributed by atoms with Gasteiger partial charge in [-0.3, -0.25) is 9.59 Å². The molecular formula is C21H23N5O2. The number of anilines is 1. The summed E-state index contributed by atoms with van der Waals surface area (Å²) in [4.78, 5) is 23.4. The maximum absolute atomic E-state index is 12.2. The Bertz CT molecular complexity index is 992. The summed E-state index contributed by atoms with van der Waals surface area (Å²) in [5.74, 6) is -0.851. The van der Waals surface area contributed by atoms with Crippen LogP contribution >= 0.6 is 0 Å². The number of nitrogens with zero attached hydrogens (tertiary/aromatic N) is 2. The molecule has 4 N–H and O–H groups in total. The highest BCUT2D eigenvalue weighted by molar-refractivity contribution is 6.00. The molecule has 0 fully saturated rings. The van der Waals surface area contributed by atoms with Gasteiger partial charge in [0.15, 0.2) is 5.70 Å². The summed E-state index contributed by atoms with van der Waals surface area (Å²) < 4.78 is 0. The average Bonchev–Trinajstić information content (AvgIpc) is 2.60. The lowest BCUT2D eigenvalue weighted by Crippen LogP contribution is -2.44. The molecule has 0 aliphatic carbocycles. The first-order chi connectivity index (χ1) is 13.2. The summed E-state index contributed by atoms with van der Waals surface area (Å²) in [7, 11) is 0. The molecule has 0 radical (unpaired) electrons. The van der Waals surface area contributed by atoms with Crippen molar-refractivity contribution < 1.29 is 9.59 Å². The lowest BCUT2D eigenvalue weighted by molar-refractivity contribution is -0.115. The minimum atomic E-state index is -0.670. The molecule has 0 aromatic heterocycles. The maximum Gasteiger partial charge on any atom is 0.271 e. The van der Waals surface area contributed by atoms with E-state index in [1.165, 1.54) is 6.92 Å². The third kappa shape index (κ3) is 4.43. The number of azo groups is 1. The van der Waals surface area contributed by atoms with Crippen molar-refractivity contribution >= 4 is 28.9 Å². The van der Waals surface area contributed by atoms with Crippen LogP contribution in [0.4, 0.5) is 11.4 Å². The van der Waals surface area contributed by atoms with Crippen molar-refractivity contribution in [2.24, 2.45) is 16.0 Å². The third-order valence-corrected chi connectivity index (χ3v) is 4.28. The Kier molecular flexibility index (Phi) is 5.26. The molecule has 2 amide bonds. The van der Waals surface area contributed by atoms with Gasteiger partial charge in [0.05, 0.1) is 11.4 Å². The van der Waals surface area contributed by atoms with E-state index in [4.69, 9.17) is 5.73 Å². The van der Waals surface area contributed by atoms with E-state index in [0.29, 0.717) is 17.1 Å². The van der Waals surface area contributed by atoms with Crippen molar-refractivity contribution in [3.63, 3.8) is 0 Å². The van der Waals surface area contributed by atoms with E-state index in [1.54, 1.807) is 24.3 Å². The van der Waals surface area contributed by atoms with E-state index in [1.807, 2.05) is 24.3 Å². The van der Waals surface area contributed by atoms with Gasteiger partial charge in [0.1, 0.15) is 0 Å². The smallest absolute Gasteiger partial charge is 0.271 e. The fraction of sp³-hybridized carbons (Fsp3) is 0.238. The molecule has 28 heavy (non-hydrogen) atoms. The molecule has 0 spiro atoms. The minimum absolute atomic E-state index is 0.0603. The van der Waals surface area contributed by atoms with Gasteiger partial charge in [-0.1, -0.05) is 30.3 Å². The Morgan fingerprint density at radius 1 is 1.14 bits per heavy atom. The Balaban J connectivity index is 2.04. The second-order valence-electron chi connectivity index (χ2n) is 7.36. The van der Waals surface area contributed by atoms with Crippen LogP contribution in [0.1, 0.15) is 31.9 Å². The summed E-state index contributed by atoms with van der Waals surface area (Å²) in [5, 5.41) is 14.4. The molecule has 7 heteroatoms. The monoisotopic (exact) mass is 377 g/mol. The zero-order valence-electron chi connectivity index (χ0n) is 16.1. The van der Waals surface area contributed by atoms with Crippen LogP contribution in [-0.2, 0) is 16.0 Å². The Morgan fingerprint density at radius 3 is 2.61 bits per heavy atom. The second-order valence-corrected chi connectivity index (χ2v) is 7.36. The van der Waals surface area contributed by atoms with E-state index < -0.39 is 5.91 Å². The molecule has 1 heterocycles. The topological polar surface area (TPSA) is 109 Å². The first-order valence-electron chi connectivity index (χ1n) is 8.95. The largest absolute Gasteiger partial charge is 0.377 e. The molecule has 0 atom stereocenters. The maximum atomic E-state index is 12.2. The number of carbonyl (C=O) groups is 2. The number of carbonyl (C=O) groups excluding carboxylic acids is 2. The van der Waals surface area contributed by atoms with Crippen LogP contribution in [0.2, 0.25) is 0 Å². The normalized spacial score (nSPS) is 16.8. The zero-order valence-corrected chi connectivity index (χ0v) is 16.1. The molecular weight excluding hydrogens is 354 g/mol. The lowest BCUT2D eigenvalue weighted by atomic mass is 9.85. The molecule has 0 bridgehead atoms. The van der Waals surface area contributed by atoms with Crippen molar-refractivity contribution in [2.45, 2.75) is 32.7 Å². The summed E-state index contributed by atoms with van der Waals surface area (Å²) in [5.41, 5.74) is 9.09. The predicted molar refractivity (Wildman–Crippen MR) is 109 cm³/mol. The Morgan fingerprint density at radius 2 is 1.89 bits per heavy atom. The van der Waals surface area contributed by atoms with E-state index >= 15 is 0 Å². The zero-order chi connectivity index (χ0) is 20.3. The summed E-state index contributed by atoms with van der Waals surface area (Å²) in [6.07, 6.45) is 0.814. The van der Waals surface area contributed by atoms with E-state index in [2.05, 4.69) is 34.7 Å². The van der Waals surface area contributed by atoms with Gasteiger partial charge in [-0.05, 0) is 44.0 Å². The molecule has 1 aliphatic heterocycles. The van der Waals surface area contributed by atoms with Gasteiger partial charge in [0, 0.05) is 23.7 Å². The first kappa shape index (κ1) is 19.3. The van der Waals surface area contributed by atoms with Crippen LogP contribution in [-0.4, -0.2) is 17.4 Å². The third-order valence-electron chi connectivity index (χ3n) is 4.28. The highest BCUT2D eigenvalue weighted by atomic mass is 16.1. The molecule has 2 aromatic rings. The standard InChI is InChI=1S/C21H23N5O2/c1-13(27)23-15-8-6-9-16(11-15)25-26-19(20(22)28)18-17-10-5-4-7-14(17)12-21(2,3)24-18/h4-11,24H,12H2,1-3H3,(H2,22,28)(H,23,27)/b19-18-,26-25+. The second kappa shape index (κ2) is 7.64. The van der Waals surface area contributed by atoms with Crippen LogP contribution in [0.3, 0.4) is 0 Å².